The topological polar surface area (TPSA) is 51.6 Å². The maximum atomic E-state index is 10.1. The van der Waals surface area contributed by atoms with E-state index in [0.717, 1.165) is 25.3 Å². The van der Waals surface area contributed by atoms with Crippen molar-refractivity contribution in [3.05, 3.63) is 23.9 Å². The Morgan fingerprint density at radius 2 is 2.29 bits per heavy atom. The number of pyridine rings is 1. The van der Waals surface area contributed by atoms with Crippen molar-refractivity contribution in [2.75, 3.05) is 38.6 Å². The van der Waals surface area contributed by atoms with Gasteiger partial charge in [-0.25, -0.2) is 4.98 Å². The Labute approximate surface area is 128 Å². The van der Waals surface area contributed by atoms with Gasteiger partial charge in [-0.2, -0.15) is 0 Å². The first kappa shape index (κ1) is 16.2. The van der Waals surface area contributed by atoms with E-state index in [-0.39, 0.29) is 12.1 Å². The monoisotopic (exact) mass is 292 g/mol. The minimum absolute atomic E-state index is 0.261. The zero-order chi connectivity index (χ0) is 15.4. The molecule has 118 valence electrons. The van der Waals surface area contributed by atoms with Crippen molar-refractivity contribution in [1.82, 2.24) is 15.2 Å². The van der Waals surface area contributed by atoms with E-state index in [1.807, 2.05) is 12.3 Å². The summed E-state index contributed by atoms with van der Waals surface area (Å²) in [5, 5.41) is 13.5. The molecule has 2 rings (SSSR count). The van der Waals surface area contributed by atoms with Gasteiger partial charge in [0.05, 0.1) is 6.10 Å². The highest BCUT2D eigenvalue weighted by Gasteiger charge is 2.33. The Hall–Kier alpha value is -1.17. The molecule has 21 heavy (non-hydrogen) atoms. The van der Waals surface area contributed by atoms with Crippen molar-refractivity contribution in [3.63, 3.8) is 0 Å². The summed E-state index contributed by atoms with van der Waals surface area (Å²) < 4.78 is 0. The molecule has 1 aromatic rings. The number of aromatic nitrogens is 1. The van der Waals surface area contributed by atoms with Gasteiger partial charge < -0.3 is 20.2 Å². The summed E-state index contributed by atoms with van der Waals surface area (Å²) in [6, 6.07) is 4.70. The highest BCUT2D eigenvalue weighted by Crippen LogP contribution is 2.30. The SMILES string of the molecule is CCNC(C)c1cccnc1N1CC(O)CC1CN(C)C. The summed E-state index contributed by atoms with van der Waals surface area (Å²) in [6.45, 7) is 6.81. The van der Waals surface area contributed by atoms with Crippen LogP contribution in [0.15, 0.2) is 18.3 Å². The molecule has 2 heterocycles. The van der Waals surface area contributed by atoms with Crippen molar-refractivity contribution in [2.45, 2.75) is 38.5 Å². The molecule has 3 unspecified atom stereocenters. The quantitative estimate of drug-likeness (QED) is 0.826. The molecule has 0 bridgehead atoms. The fourth-order valence-electron chi connectivity index (χ4n) is 3.15. The number of anilines is 1. The third kappa shape index (κ3) is 3.93. The number of nitrogens with zero attached hydrogens (tertiary/aromatic N) is 3. The molecule has 0 aromatic carbocycles. The number of aliphatic hydroxyl groups is 1. The van der Waals surface area contributed by atoms with Gasteiger partial charge in [-0.15, -0.1) is 0 Å². The summed E-state index contributed by atoms with van der Waals surface area (Å²) in [5.41, 5.74) is 1.21. The Morgan fingerprint density at radius 3 is 2.95 bits per heavy atom. The standard InChI is InChI=1S/C16H28N4O/c1-5-17-12(2)15-7-6-8-18-16(15)20-11-14(21)9-13(20)10-19(3)4/h6-8,12-14,17,21H,5,9-11H2,1-4H3. The van der Waals surface area contributed by atoms with E-state index in [1.165, 1.54) is 5.56 Å². The number of hydrogen-bond donors (Lipinski definition) is 2. The van der Waals surface area contributed by atoms with Crippen LogP contribution in [0.4, 0.5) is 5.82 Å². The van der Waals surface area contributed by atoms with Gasteiger partial charge in [0.15, 0.2) is 0 Å². The van der Waals surface area contributed by atoms with Crippen LogP contribution < -0.4 is 10.2 Å². The maximum absolute atomic E-state index is 10.1. The van der Waals surface area contributed by atoms with Gasteiger partial charge >= 0.3 is 0 Å². The maximum Gasteiger partial charge on any atom is 0.133 e. The number of rotatable bonds is 6. The van der Waals surface area contributed by atoms with Gasteiger partial charge in [0.1, 0.15) is 5.82 Å². The summed E-state index contributed by atoms with van der Waals surface area (Å²) in [4.78, 5) is 9.06. The molecule has 1 saturated heterocycles. The average Bonchev–Trinajstić information content (AvgIpc) is 2.79. The molecule has 5 heteroatoms. The molecule has 3 atom stereocenters. The lowest BCUT2D eigenvalue weighted by Gasteiger charge is -2.30. The van der Waals surface area contributed by atoms with Crippen LogP contribution in [0.2, 0.25) is 0 Å². The van der Waals surface area contributed by atoms with E-state index in [2.05, 4.69) is 54.1 Å². The normalized spacial score (nSPS) is 23.8. The Bertz CT molecular complexity index is 452. The number of nitrogens with one attached hydrogen (secondary N) is 1. The molecule has 1 aliphatic rings. The Kier molecular flexibility index (Phi) is 5.56. The van der Waals surface area contributed by atoms with Gasteiger partial charge in [0.2, 0.25) is 0 Å². The second-order valence-electron chi connectivity index (χ2n) is 6.15. The second-order valence-corrected chi connectivity index (χ2v) is 6.15. The lowest BCUT2D eigenvalue weighted by atomic mass is 10.1. The predicted molar refractivity (Wildman–Crippen MR) is 86.6 cm³/mol. The smallest absolute Gasteiger partial charge is 0.133 e. The predicted octanol–water partition coefficient (Wildman–Crippen LogP) is 1.25. The largest absolute Gasteiger partial charge is 0.391 e. The highest BCUT2D eigenvalue weighted by atomic mass is 16.3. The van der Waals surface area contributed by atoms with E-state index >= 15 is 0 Å². The van der Waals surface area contributed by atoms with E-state index in [1.54, 1.807) is 0 Å². The van der Waals surface area contributed by atoms with Crippen LogP contribution in [0, 0.1) is 0 Å². The van der Waals surface area contributed by atoms with Crippen LogP contribution in [0.25, 0.3) is 0 Å². The van der Waals surface area contributed by atoms with Crippen molar-refractivity contribution < 1.29 is 5.11 Å². The average molecular weight is 292 g/mol. The molecule has 0 amide bonds. The number of β-amino-alcohol motifs (C(OH)–C–C–N with tert-alkyl or cyclic N) is 1. The Morgan fingerprint density at radius 1 is 1.52 bits per heavy atom. The third-order valence-electron chi connectivity index (χ3n) is 4.03. The first-order chi connectivity index (χ1) is 10.0. The van der Waals surface area contributed by atoms with E-state index < -0.39 is 0 Å². The highest BCUT2D eigenvalue weighted by molar-refractivity contribution is 5.50. The summed E-state index contributed by atoms with van der Waals surface area (Å²) in [6.07, 6.45) is 2.39. The number of hydrogen-bond acceptors (Lipinski definition) is 5. The molecule has 5 nitrogen and oxygen atoms in total. The van der Waals surface area contributed by atoms with Crippen molar-refractivity contribution >= 4 is 5.82 Å². The van der Waals surface area contributed by atoms with Crippen molar-refractivity contribution in [3.8, 4) is 0 Å². The molecule has 1 aromatic heterocycles. The van der Waals surface area contributed by atoms with Crippen LogP contribution in [-0.2, 0) is 0 Å². The van der Waals surface area contributed by atoms with Gasteiger partial charge in [-0.3, -0.25) is 0 Å². The fourth-order valence-corrected chi connectivity index (χ4v) is 3.15. The number of likely N-dealkylation sites (N-methyl/N-ethyl adjacent to an activating group) is 1. The van der Waals surface area contributed by atoms with Crippen molar-refractivity contribution in [1.29, 1.82) is 0 Å². The summed E-state index contributed by atoms with van der Waals surface area (Å²) in [5.74, 6) is 1.01. The van der Waals surface area contributed by atoms with Crippen LogP contribution in [-0.4, -0.2) is 60.9 Å². The van der Waals surface area contributed by atoms with Gasteiger partial charge in [-0.05, 0) is 40.1 Å². The molecule has 1 aliphatic heterocycles. The van der Waals surface area contributed by atoms with Gasteiger partial charge in [0, 0.05) is 36.9 Å². The van der Waals surface area contributed by atoms with E-state index in [4.69, 9.17) is 0 Å². The van der Waals surface area contributed by atoms with Crippen LogP contribution in [0.1, 0.15) is 31.9 Å². The Balaban J connectivity index is 2.27. The zero-order valence-electron chi connectivity index (χ0n) is 13.6. The van der Waals surface area contributed by atoms with Crippen LogP contribution in [0.5, 0.6) is 0 Å². The van der Waals surface area contributed by atoms with E-state index in [0.29, 0.717) is 12.6 Å². The molecule has 0 saturated carbocycles. The molecular formula is C16H28N4O. The minimum Gasteiger partial charge on any atom is -0.391 e. The molecule has 1 fully saturated rings. The van der Waals surface area contributed by atoms with Gasteiger partial charge in [0.25, 0.3) is 0 Å². The van der Waals surface area contributed by atoms with Gasteiger partial charge in [-0.1, -0.05) is 13.0 Å². The number of aliphatic hydroxyl groups excluding tert-OH is 1. The molecule has 0 radical (unpaired) electrons. The summed E-state index contributed by atoms with van der Waals surface area (Å²) in [7, 11) is 4.15. The second kappa shape index (κ2) is 7.20. The molecular weight excluding hydrogens is 264 g/mol. The first-order valence-corrected chi connectivity index (χ1v) is 7.80. The lowest BCUT2D eigenvalue weighted by molar-refractivity contribution is 0.191. The third-order valence-corrected chi connectivity index (χ3v) is 4.03. The molecule has 0 aliphatic carbocycles. The lowest BCUT2D eigenvalue weighted by Crippen LogP contribution is -2.39. The minimum atomic E-state index is -0.265. The molecule has 0 spiro atoms. The molecule has 2 N–H and O–H groups in total. The van der Waals surface area contributed by atoms with Crippen LogP contribution >= 0.6 is 0 Å². The van der Waals surface area contributed by atoms with Crippen molar-refractivity contribution in [2.24, 2.45) is 0 Å². The van der Waals surface area contributed by atoms with E-state index in [9.17, 15) is 5.11 Å². The zero-order valence-corrected chi connectivity index (χ0v) is 13.6. The fraction of sp³-hybridized carbons (Fsp3) is 0.688. The van der Waals surface area contributed by atoms with Crippen LogP contribution in [0.3, 0.4) is 0 Å². The first-order valence-electron chi connectivity index (χ1n) is 7.80. The summed E-state index contributed by atoms with van der Waals surface area (Å²) >= 11 is 0.